The van der Waals surface area contributed by atoms with Gasteiger partial charge in [-0.15, -0.1) is 0 Å². The molecular weight excluding hydrogens is 550 g/mol. The van der Waals surface area contributed by atoms with E-state index in [9.17, 15) is 14.4 Å². The summed E-state index contributed by atoms with van der Waals surface area (Å²) >= 11 is 6.40. The van der Waals surface area contributed by atoms with E-state index >= 15 is 0 Å². The monoisotopic (exact) mass is 575 g/mol. The van der Waals surface area contributed by atoms with Crippen molar-refractivity contribution < 1.29 is 48.3 Å². The number of halogens is 1. The van der Waals surface area contributed by atoms with Crippen LogP contribution in [0.3, 0.4) is 0 Å². The molecule has 0 saturated heterocycles. The van der Waals surface area contributed by atoms with Crippen molar-refractivity contribution in [1.82, 2.24) is 15.0 Å². The molecule has 3 aromatic rings. The Labute approximate surface area is 233 Å². The number of ether oxygens (including phenoxy) is 5. The van der Waals surface area contributed by atoms with Crippen LogP contribution in [0.2, 0.25) is 5.02 Å². The van der Waals surface area contributed by atoms with Gasteiger partial charge in [0, 0.05) is 36.1 Å². The highest BCUT2D eigenvalue weighted by atomic mass is 35.5. The number of fused-ring (bicyclic) bond motifs is 1. The topological polar surface area (TPSA) is 176 Å². The summed E-state index contributed by atoms with van der Waals surface area (Å²) in [6.07, 6.45) is 1.18. The molecule has 1 fully saturated rings. The summed E-state index contributed by atoms with van der Waals surface area (Å²) in [5.41, 5.74) is -0.936. The lowest BCUT2D eigenvalue weighted by molar-refractivity contribution is -0.192. The van der Waals surface area contributed by atoms with E-state index in [0.29, 0.717) is 16.5 Å². The summed E-state index contributed by atoms with van der Waals surface area (Å²) in [6.45, 7) is -0.368. The van der Waals surface area contributed by atoms with Crippen LogP contribution in [0.15, 0.2) is 36.5 Å². The average molecular weight is 576 g/mol. The second kappa shape index (κ2) is 13.0. The fourth-order valence-electron chi connectivity index (χ4n) is 4.08. The Kier molecular flexibility index (Phi) is 9.42. The predicted molar refractivity (Wildman–Crippen MR) is 138 cm³/mol. The van der Waals surface area contributed by atoms with Gasteiger partial charge >= 0.3 is 17.9 Å². The van der Waals surface area contributed by atoms with Gasteiger partial charge in [0.1, 0.15) is 13.2 Å². The molecule has 1 aromatic carbocycles. The van der Waals surface area contributed by atoms with Gasteiger partial charge < -0.3 is 33.9 Å². The molecule has 0 aliphatic heterocycles. The van der Waals surface area contributed by atoms with Crippen LogP contribution in [-0.2, 0) is 28.5 Å². The van der Waals surface area contributed by atoms with Crippen molar-refractivity contribution in [2.24, 2.45) is 0 Å². The number of aliphatic carboxylic acids is 1. The number of carbonyl (C=O) groups is 3. The molecular formula is C26H26ClN3O10. The van der Waals surface area contributed by atoms with Crippen LogP contribution in [0.4, 0.5) is 0 Å². The first-order valence-corrected chi connectivity index (χ1v) is 12.5. The Morgan fingerprint density at radius 1 is 1.10 bits per heavy atom. The molecule has 2 N–H and O–H groups in total. The Morgan fingerprint density at radius 2 is 1.90 bits per heavy atom. The minimum atomic E-state index is -1.56. The van der Waals surface area contributed by atoms with E-state index in [0.717, 1.165) is 0 Å². The molecule has 2 aromatic heterocycles. The number of aromatic nitrogens is 3. The van der Waals surface area contributed by atoms with Crippen LogP contribution in [0.5, 0.6) is 5.88 Å². The number of aliphatic hydroxyl groups is 1. The van der Waals surface area contributed by atoms with Crippen molar-refractivity contribution in [3.8, 4) is 17.3 Å². The molecule has 4 rings (SSSR count). The number of para-hydroxylation sites is 1. The van der Waals surface area contributed by atoms with Gasteiger partial charge in [-0.05, 0) is 12.1 Å². The molecule has 2 heterocycles. The van der Waals surface area contributed by atoms with Crippen molar-refractivity contribution in [3.63, 3.8) is 0 Å². The molecule has 14 heteroatoms. The van der Waals surface area contributed by atoms with Crippen molar-refractivity contribution >= 4 is 40.4 Å². The molecule has 1 aliphatic carbocycles. The molecule has 1 aliphatic rings. The van der Waals surface area contributed by atoms with Gasteiger partial charge in [0.15, 0.2) is 11.5 Å². The van der Waals surface area contributed by atoms with Crippen LogP contribution in [0.25, 0.3) is 22.3 Å². The number of carbonyl (C=O) groups excluding carboxylic acids is 2. The highest BCUT2D eigenvalue weighted by Gasteiger charge is 2.56. The highest BCUT2D eigenvalue weighted by molar-refractivity contribution is 6.35. The van der Waals surface area contributed by atoms with Crippen LogP contribution < -0.4 is 4.74 Å². The lowest BCUT2D eigenvalue weighted by atomic mass is 9.77. The van der Waals surface area contributed by atoms with Crippen molar-refractivity contribution in [2.75, 3.05) is 40.1 Å². The second-order valence-corrected chi connectivity index (χ2v) is 9.12. The molecule has 40 heavy (non-hydrogen) atoms. The molecule has 1 saturated carbocycles. The first kappa shape index (κ1) is 29.1. The van der Waals surface area contributed by atoms with Gasteiger partial charge in [-0.1, -0.05) is 23.7 Å². The Balaban J connectivity index is 1.57. The number of carboxylic acid groups (broad SMARTS) is 1. The number of esters is 2. The Morgan fingerprint density at radius 3 is 2.58 bits per heavy atom. The summed E-state index contributed by atoms with van der Waals surface area (Å²) in [4.78, 5) is 49.6. The SMILES string of the molecule is COC(=O)C1(OC(=O)c2nc(-c3ccc(OCCOCC(=O)O)nc3)nc3c(Cl)cccc23)CC(OCCO)C1. The van der Waals surface area contributed by atoms with Crippen molar-refractivity contribution in [2.45, 2.75) is 24.5 Å². The van der Waals surface area contributed by atoms with Crippen LogP contribution in [0, 0.1) is 0 Å². The molecule has 0 unspecified atom stereocenters. The van der Waals surface area contributed by atoms with Gasteiger partial charge in [-0.3, -0.25) is 0 Å². The largest absolute Gasteiger partial charge is 0.480 e. The van der Waals surface area contributed by atoms with Gasteiger partial charge in [0.2, 0.25) is 11.5 Å². The average Bonchev–Trinajstić information content (AvgIpc) is 2.93. The number of hydrogen-bond donors (Lipinski definition) is 2. The van der Waals surface area contributed by atoms with E-state index in [1.807, 2.05) is 0 Å². The summed E-state index contributed by atoms with van der Waals surface area (Å²) < 4.78 is 26.4. The minimum absolute atomic E-state index is 0.0643. The first-order chi connectivity index (χ1) is 19.3. The minimum Gasteiger partial charge on any atom is -0.480 e. The zero-order valence-electron chi connectivity index (χ0n) is 21.4. The quantitative estimate of drug-likeness (QED) is 0.224. The van der Waals surface area contributed by atoms with E-state index in [1.165, 1.54) is 13.3 Å². The fourth-order valence-corrected chi connectivity index (χ4v) is 4.30. The maximum absolute atomic E-state index is 13.4. The number of methoxy groups -OCH3 is 1. The van der Waals surface area contributed by atoms with Crippen molar-refractivity contribution in [1.29, 1.82) is 0 Å². The van der Waals surface area contributed by atoms with Crippen LogP contribution in [0.1, 0.15) is 23.3 Å². The van der Waals surface area contributed by atoms with E-state index in [1.54, 1.807) is 30.3 Å². The third kappa shape index (κ3) is 6.62. The Hall–Kier alpha value is -3.91. The molecule has 0 spiro atoms. The third-order valence-corrected chi connectivity index (χ3v) is 6.28. The molecule has 0 atom stereocenters. The number of hydrogen-bond acceptors (Lipinski definition) is 12. The number of benzene rings is 1. The standard InChI is InChI=1S/C26H26ClN3O10/c1-36-25(35)26(11-16(12-26)38-8-7-31)40-24(34)22-17-3-2-4-18(27)21(17)29-23(30-22)15-5-6-19(28-13-15)39-10-9-37-14-20(32)33/h2-6,13,16,31H,7-12,14H2,1H3,(H,32,33). The normalized spacial score (nSPS) is 18.1. The van der Waals surface area contributed by atoms with E-state index < -0.39 is 30.1 Å². The summed E-state index contributed by atoms with van der Waals surface area (Å²) in [5, 5.41) is 18.2. The predicted octanol–water partition coefficient (Wildman–Crippen LogP) is 2.07. The van der Waals surface area contributed by atoms with Crippen LogP contribution >= 0.6 is 11.6 Å². The number of carboxylic acids is 1. The molecule has 0 radical (unpaired) electrons. The van der Waals surface area contributed by atoms with Gasteiger partial charge in [0.25, 0.3) is 0 Å². The summed E-state index contributed by atoms with van der Waals surface area (Å²) in [7, 11) is 1.20. The number of rotatable bonds is 13. The molecule has 13 nitrogen and oxygen atoms in total. The molecule has 0 amide bonds. The highest BCUT2D eigenvalue weighted by Crippen LogP contribution is 2.40. The zero-order chi connectivity index (χ0) is 28.7. The smallest absolute Gasteiger partial charge is 0.358 e. The Bertz CT molecular complexity index is 1380. The zero-order valence-corrected chi connectivity index (χ0v) is 22.1. The molecule has 0 bridgehead atoms. The van der Waals surface area contributed by atoms with Gasteiger partial charge in [0.05, 0.1) is 43.6 Å². The van der Waals surface area contributed by atoms with Crippen molar-refractivity contribution in [3.05, 3.63) is 47.2 Å². The van der Waals surface area contributed by atoms with Gasteiger partial charge in [-0.25, -0.2) is 29.3 Å². The summed E-state index contributed by atoms with van der Waals surface area (Å²) in [5.74, 6) is -2.30. The van der Waals surface area contributed by atoms with E-state index in [2.05, 4.69) is 15.0 Å². The van der Waals surface area contributed by atoms with E-state index in [-0.39, 0.29) is 67.8 Å². The number of nitrogens with zero attached hydrogens (tertiary/aromatic N) is 3. The van der Waals surface area contributed by atoms with Crippen LogP contribution in [-0.4, -0.2) is 94.9 Å². The van der Waals surface area contributed by atoms with Gasteiger partial charge in [-0.2, -0.15) is 0 Å². The molecule has 212 valence electrons. The lowest BCUT2D eigenvalue weighted by Gasteiger charge is -2.43. The maximum Gasteiger partial charge on any atom is 0.358 e. The fraction of sp³-hybridized carbons (Fsp3) is 0.385. The second-order valence-electron chi connectivity index (χ2n) is 8.71. The summed E-state index contributed by atoms with van der Waals surface area (Å²) in [6, 6.07) is 8.04. The van der Waals surface area contributed by atoms with E-state index in [4.69, 9.17) is 45.5 Å². The number of pyridine rings is 1. The first-order valence-electron chi connectivity index (χ1n) is 12.2. The third-order valence-electron chi connectivity index (χ3n) is 5.97. The number of aliphatic hydroxyl groups excluding tert-OH is 1. The maximum atomic E-state index is 13.4. The lowest BCUT2D eigenvalue weighted by Crippen LogP contribution is -2.57.